The molecule has 0 aliphatic heterocycles. The molecule has 1 aromatic rings. The Balaban J connectivity index is 2.72. The van der Waals surface area contributed by atoms with E-state index in [1.165, 1.54) is 6.07 Å². The van der Waals surface area contributed by atoms with Crippen LogP contribution >= 0.6 is 0 Å². The molecule has 5 heteroatoms. The summed E-state index contributed by atoms with van der Waals surface area (Å²) in [6.45, 7) is 5.30. The van der Waals surface area contributed by atoms with Gasteiger partial charge in [0.1, 0.15) is 5.82 Å². The van der Waals surface area contributed by atoms with E-state index in [9.17, 15) is 9.18 Å². The van der Waals surface area contributed by atoms with E-state index in [-0.39, 0.29) is 5.56 Å². The van der Waals surface area contributed by atoms with Gasteiger partial charge in [0, 0.05) is 6.54 Å². The van der Waals surface area contributed by atoms with Gasteiger partial charge in [-0.25, -0.2) is 9.18 Å². The molecular weight excluding hydrogens is 259 g/mol. The minimum absolute atomic E-state index is 0.0519. The smallest absolute Gasteiger partial charge is 0.336 e. The Morgan fingerprint density at radius 2 is 2.00 bits per heavy atom. The third kappa shape index (κ3) is 5.27. The van der Waals surface area contributed by atoms with Gasteiger partial charge in [0.2, 0.25) is 0 Å². The Morgan fingerprint density at radius 1 is 1.30 bits per heavy atom. The highest BCUT2D eigenvalue weighted by Crippen LogP contribution is 2.14. The fourth-order valence-electron chi connectivity index (χ4n) is 2.09. The molecule has 1 aromatic carbocycles. The quantitative estimate of drug-likeness (QED) is 0.794. The summed E-state index contributed by atoms with van der Waals surface area (Å²) in [5.74, 6) is -1.59. The van der Waals surface area contributed by atoms with Gasteiger partial charge in [-0.15, -0.1) is 0 Å². The Morgan fingerprint density at radius 3 is 2.55 bits per heavy atom. The number of benzene rings is 1. The van der Waals surface area contributed by atoms with E-state index in [0.717, 1.165) is 32.1 Å². The third-order valence-corrected chi connectivity index (χ3v) is 3.22. The molecule has 4 nitrogen and oxygen atoms in total. The van der Waals surface area contributed by atoms with Crippen LogP contribution < -0.4 is 0 Å². The number of carboxylic acids is 1. The highest BCUT2D eigenvalue weighted by molar-refractivity contribution is 5.89. The second kappa shape index (κ2) is 7.97. The van der Waals surface area contributed by atoms with E-state index in [1.54, 1.807) is 6.07 Å². The molecule has 0 saturated heterocycles. The Labute approximate surface area is 119 Å². The molecule has 0 saturated carbocycles. The van der Waals surface area contributed by atoms with E-state index in [0.29, 0.717) is 12.1 Å². The van der Waals surface area contributed by atoms with Crippen LogP contribution in [-0.2, 0) is 6.54 Å². The van der Waals surface area contributed by atoms with E-state index in [1.807, 2.05) is 21.0 Å². The van der Waals surface area contributed by atoms with Gasteiger partial charge in [-0.3, -0.25) is 4.90 Å². The van der Waals surface area contributed by atoms with E-state index < -0.39 is 11.8 Å². The zero-order chi connectivity index (χ0) is 15.1. The Hall–Kier alpha value is -1.46. The summed E-state index contributed by atoms with van der Waals surface area (Å²) in [6.07, 6.45) is 1.02. The van der Waals surface area contributed by atoms with Crippen molar-refractivity contribution >= 4 is 5.97 Å². The summed E-state index contributed by atoms with van der Waals surface area (Å²) in [6, 6.07) is 3.97. The number of halogens is 1. The number of hydrogen-bond acceptors (Lipinski definition) is 3. The van der Waals surface area contributed by atoms with Crippen molar-refractivity contribution in [1.82, 2.24) is 9.80 Å². The van der Waals surface area contributed by atoms with Gasteiger partial charge in [0.15, 0.2) is 0 Å². The molecule has 0 unspecified atom stereocenters. The fourth-order valence-corrected chi connectivity index (χ4v) is 2.09. The maximum atomic E-state index is 13.1. The lowest BCUT2D eigenvalue weighted by atomic mass is 10.1. The van der Waals surface area contributed by atoms with Crippen molar-refractivity contribution in [1.29, 1.82) is 0 Å². The average molecular weight is 282 g/mol. The van der Waals surface area contributed by atoms with Crippen LogP contribution in [0, 0.1) is 5.82 Å². The van der Waals surface area contributed by atoms with E-state index in [2.05, 4.69) is 9.80 Å². The first-order valence-electron chi connectivity index (χ1n) is 6.82. The molecule has 0 atom stereocenters. The zero-order valence-electron chi connectivity index (χ0n) is 12.4. The lowest BCUT2D eigenvalue weighted by molar-refractivity contribution is 0.0694. The van der Waals surface area contributed by atoms with Crippen LogP contribution in [0.25, 0.3) is 0 Å². The van der Waals surface area contributed by atoms with Gasteiger partial charge in [-0.2, -0.15) is 0 Å². The topological polar surface area (TPSA) is 43.8 Å². The molecule has 0 heterocycles. The lowest BCUT2D eigenvalue weighted by Gasteiger charge is -2.22. The molecule has 112 valence electrons. The van der Waals surface area contributed by atoms with Crippen molar-refractivity contribution in [2.75, 3.05) is 33.7 Å². The van der Waals surface area contributed by atoms with Crippen LogP contribution in [-0.4, -0.2) is 54.6 Å². The van der Waals surface area contributed by atoms with Crippen LogP contribution in [0.1, 0.15) is 29.3 Å². The summed E-state index contributed by atoms with van der Waals surface area (Å²) in [5, 5.41) is 9.13. The van der Waals surface area contributed by atoms with Crippen molar-refractivity contribution in [3.8, 4) is 0 Å². The van der Waals surface area contributed by atoms with Crippen molar-refractivity contribution in [2.45, 2.75) is 19.9 Å². The van der Waals surface area contributed by atoms with Gasteiger partial charge in [-0.1, -0.05) is 13.0 Å². The van der Waals surface area contributed by atoms with Crippen molar-refractivity contribution < 1.29 is 14.3 Å². The first-order valence-corrected chi connectivity index (χ1v) is 6.82. The number of aromatic carboxylic acids is 1. The number of hydrogen-bond donors (Lipinski definition) is 1. The standard InChI is InChI=1S/C15H23FN2O2/c1-4-18(9-5-8-17(2)3)11-12-6-7-13(16)10-14(12)15(19)20/h6-7,10H,4-5,8-9,11H2,1-3H3,(H,19,20). The molecule has 0 fully saturated rings. The van der Waals surface area contributed by atoms with E-state index >= 15 is 0 Å². The maximum Gasteiger partial charge on any atom is 0.336 e. The molecular formula is C15H23FN2O2. The number of carbonyl (C=O) groups is 1. The molecule has 1 N–H and O–H groups in total. The molecule has 0 spiro atoms. The van der Waals surface area contributed by atoms with Gasteiger partial charge in [0.25, 0.3) is 0 Å². The van der Waals surface area contributed by atoms with E-state index in [4.69, 9.17) is 5.11 Å². The Bertz CT molecular complexity index is 449. The predicted octanol–water partition coefficient (Wildman–Crippen LogP) is 2.30. The van der Waals surface area contributed by atoms with Gasteiger partial charge in [0.05, 0.1) is 5.56 Å². The molecule has 0 bridgehead atoms. The number of nitrogens with zero attached hydrogens (tertiary/aromatic N) is 2. The number of rotatable bonds is 8. The third-order valence-electron chi connectivity index (χ3n) is 3.22. The molecule has 0 aliphatic rings. The molecule has 0 amide bonds. The predicted molar refractivity (Wildman–Crippen MR) is 77.5 cm³/mol. The monoisotopic (exact) mass is 282 g/mol. The van der Waals surface area contributed by atoms with Crippen LogP contribution in [0.4, 0.5) is 4.39 Å². The minimum Gasteiger partial charge on any atom is -0.478 e. The van der Waals surface area contributed by atoms with Crippen molar-refractivity contribution in [3.05, 3.63) is 35.1 Å². The summed E-state index contributed by atoms with van der Waals surface area (Å²) in [7, 11) is 4.05. The maximum absolute atomic E-state index is 13.1. The van der Waals surface area contributed by atoms with Gasteiger partial charge >= 0.3 is 5.97 Å². The van der Waals surface area contributed by atoms with Crippen LogP contribution in [0.3, 0.4) is 0 Å². The summed E-state index contributed by atoms with van der Waals surface area (Å²) in [4.78, 5) is 15.4. The minimum atomic E-state index is -1.08. The van der Waals surface area contributed by atoms with Crippen molar-refractivity contribution in [2.24, 2.45) is 0 Å². The second-order valence-electron chi connectivity index (χ2n) is 5.13. The van der Waals surface area contributed by atoms with Crippen LogP contribution in [0.2, 0.25) is 0 Å². The molecule has 0 aliphatic carbocycles. The lowest BCUT2D eigenvalue weighted by Crippen LogP contribution is -2.27. The molecule has 0 radical (unpaired) electrons. The SMILES string of the molecule is CCN(CCCN(C)C)Cc1ccc(F)cc1C(=O)O. The molecule has 20 heavy (non-hydrogen) atoms. The first-order chi connectivity index (χ1) is 9.43. The summed E-state index contributed by atoms with van der Waals surface area (Å²) in [5.41, 5.74) is 0.710. The first kappa shape index (κ1) is 16.6. The second-order valence-corrected chi connectivity index (χ2v) is 5.13. The van der Waals surface area contributed by atoms with Gasteiger partial charge in [-0.05, 0) is 57.8 Å². The zero-order valence-corrected chi connectivity index (χ0v) is 12.4. The van der Waals surface area contributed by atoms with Gasteiger partial charge < -0.3 is 10.0 Å². The Kier molecular flexibility index (Phi) is 6.61. The highest BCUT2D eigenvalue weighted by Gasteiger charge is 2.13. The fraction of sp³-hybridized carbons (Fsp3) is 0.533. The van der Waals surface area contributed by atoms with Crippen LogP contribution in [0.15, 0.2) is 18.2 Å². The summed E-state index contributed by atoms with van der Waals surface area (Å²) >= 11 is 0. The summed E-state index contributed by atoms with van der Waals surface area (Å²) < 4.78 is 13.1. The normalized spacial score (nSPS) is 11.3. The van der Waals surface area contributed by atoms with Crippen molar-refractivity contribution in [3.63, 3.8) is 0 Å². The largest absolute Gasteiger partial charge is 0.478 e. The highest BCUT2D eigenvalue weighted by atomic mass is 19.1. The average Bonchev–Trinajstić information content (AvgIpc) is 2.38. The number of carboxylic acid groups (broad SMARTS) is 1. The molecule has 0 aromatic heterocycles. The molecule has 1 rings (SSSR count). The van der Waals surface area contributed by atoms with Crippen LogP contribution in [0.5, 0.6) is 0 Å².